The molecule has 0 bridgehead atoms. The summed E-state index contributed by atoms with van der Waals surface area (Å²) >= 11 is 0. The second-order valence-corrected chi connectivity index (χ2v) is 6.02. The molecule has 1 atom stereocenters. The number of rotatable bonds is 8. The van der Waals surface area contributed by atoms with Crippen LogP contribution in [0.1, 0.15) is 46.5 Å². The lowest BCUT2D eigenvalue weighted by Gasteiger charge is -2.31. The molecule has 0 aliphatic carbocycles. The van der Waals surface area contributed by atoms with Gasteiger partial charge in [0, 0.05) is 6.54 Å². The minimum Gasteiger partial charge on any atom is -0.339 e. The Morgan fingerprint density at radius 1 is 1.43 bits per heavy atom. The van der Waals surface area contributed by atoms with Crippen molar-refractivity contribution in [3.63, 3.8) is 0 Å². The van der Waals surface area contributed by atoms with Gasteiger partial charge in [0.05, 0.1) is 6.54 Å². The highest BCUT2D eigenvalue weighted by molar-refractivity contribution is 5.79. The van der Waals surface area contributed by atoms with Crippen LogP contribution in [-0.2, 0) is 4.79 Å². The van der Waals surface area contributed by atoms with Gasteiger partial charge in [-0.05, 0) is 51.2 Å². The van der Waals surface area contributed by atoms with E-state index < -0.39 is 5.54 Å². The van der Waals surface area contributed by atoms with E-state index in [-0.39, 0.29) is 5.91 Å². The van der Waals surface area contributed by atoms with Crippen LogP contribution in [0.15, 0.2) is 0 Å². The van der Waals surface area contributed by atoms with Crippen molar-refractivity contribution in [3.05, 3.63) is 0 Å². The Morgan fingerprint density at radius 3 is 2.62 bits per heavy atom. The molecule has 0 aromatic rings. The fourth-order valence-corrected chi connectivity index (χ4v) is 2.93. The van der Waals surface area contributed by atoms with Gasteiger partial charge in [-0.3, -0.25) is 9.69 Å². The molecule has 0 spiro atoms. The summed E-state index contributed by atoms with van der Waals surface area (Å²) in [6.45, 7) is 10.7. The third-order valence-electron chi connectivity index (χ3n) is 4.59. The van der Waals surface area contributed by atoms with Gasteiger partial charge in [-0.15, -0.1) is 6.42 Å². The number of amides is 1. The lowest BCUT2D eigenvalue weighted by Crippen LogP contribution is -2.50. The van der Waals surface area contributed by atoms with E-state index in [0.717, 1.165) is 39.0 Å². The topological polar surface area (TPSA) is 44.4 Å². The molecule has 0 aromatic heterocycles. The van der Waals surface area contributed by atoms with Crippen molar-refractivity contribution >= 4 is 5.91 Å². The monoisotopic (exact) mass is 293 g/mol. The first-order chi connectivity index (χ1) is 10.1. The first-order valence-electron chi connectivity index (χ1n) is 8.31. The number of likely N-dealkylation sites (N-methyl/N-ethyl adjacent to an activating group) is 1. The summed E-state index contributed by atoms with van der Waals surface area (Å²) in [5.41, 5.74) is -0.483. The van der Waals surface area contributed by atoms with E-state index in [9.17, 15) is 4.79 Å². The first kappa shape index (κ1) is 18.0. The maximum atomic E-state index is 12.3. The lowest BCUT2D eigenvalue weighted by atomic mass is 9.94. The molecular formula is C17H31N3O. The lowest BCUT2D eigenvalue weighted by molar-refractivity contribution is -0.123. The van der Waals surface area contributed by atoms with E-state index in [1.807, 2.05) is 13.8 Å². The van der Waals surface area contributed by atoms with Crippen molar-refractivity contribution in [2.75, 3.05) is 32.7 Å². The maximum absolute atomic E-state index is 12.3. The standard InChI is InChI=1S/C17H31N3O/c1-5-17(6-2,7-3)19-16(21)14-20(8-4)13-15-10-9-11-18-12-15/h1,15,18H,6-14H2,2-4H3,(H,19,21). The van der Waals surface area contributed by atoms with Crippen molar-refractivity contribution in [2.45, 2.75) is 52.0 Å². The van der Waals surface area contributed by atoms with Gasteiger partial charge in [-0.2, -0.15) is 0 Å². The molecule has 21 heavy (non-hydrogen) atoms. The Labute approximate surface area is 130 Å². The van der Waals surface area contributed by atoms with Gasteiger partial charge < -0.3 is 10.6 Å². The van der Waals surface area contributed by atoms with Crippen LogP contribution in [0.2, 0.25) is 0 Å². The Hall–Kier alpha value is -1.05. The molecule has 1 aliphatic rings. The highest BCUT2D eigenvalue weighted by Crippen LogP contribution is 2.14. The molecule has 1 unspecified atom stereocenters. The predicted molar refractivity (Wildman–Crippen MR) is 88.0 cm³/mol. The summed E-state index contributed by atoms with van der Waals surface area (Å²) < 4.78 is 0. The molecule has 4 nitrogen and oxygen atoms in total. The van der Waals surface area contributed by atoms with Crippen molar-refractivity contribution in [3.8, 4) is 12.3 Å². The average molecular weight is 293 g/mol. The van der Waals surface area contributed by atoms with Crippen LogP contribution in [0.3, 0.4) is 0 Å². The second-order valence-electron chi connectivity index (χ2n) is 6.02. The van der Waals surface area contributed by atoms with Crippen LogP contribution in [0.5, 0.6) is 0 Å². The number of nitrogens with one attached hydrogen (secondary N) is 2. The molecule has 120 valence electrons. The summed E-state index contributed by atoms with van der Waals surface area (Å²) in [5.74, 6) is 3.46. The SMILES string of the molecule is C#CC(CC)(CC)NC(=O)CN(CC)CC1CCCNC1. The molecule has 0 aromatic carbocycles. The predicted octanol–water partition coefficient (Wildman–Crippen LogP) is 1.62. The van der Waals surface area contributed by atoms with Gasteiger partial charge in [-0.25, -0.2) is 0 Å². The fourth-order valence-electron chi connectivity index (χ4n) is 2.93. The van der Waals surface area contributed by atoms with Crippen LogP contribution in [0.25, 0.3) is 0 Å². The molecule has 1 aliphatic heterocycles. The van der Waals surface area contributed by atoms with E-state index in [4.69, 9.17) is 6.42 Å². The number of nitrogens with zero attached hydrogens (tertiary/aromatic N) is 1. The molecule has 4 heteroatoms. The summed E-state index contributed by atoms with van der Waals surface area (Å²) in [5, 5.41) is 6.48. The molecule has 0 radical (unpaired) electrons. The highest BCUT2D eigenvalue weighted by atomic mass is 16.2. The quantitative estimate of drug-likeness (QED) is 0.668. The van der Waals surface area contributed by atoms with Crippen LogP contribution >= 0.6 is 0 Å². The second kappa shape index (κ2) is 9.07. The third kappa shape index (κ3) is 5.68. The van der Waals surface area contributed by atoms with Gasteiger partial charge >= 0.3 is 0 Å². The van der Waals surface area contributed by atoms with E-state index in [1.54, 1.807) is 0 Å². The Kier molecular flexibility index (Phi) is 7.77. The maximum Gasteiger partial charge on any atom is 0.235 e. The number of carbonyl (C=O) groups excluding carboxylic acids is 1. The molecule has 0 saturated carbocycles. The summed E-state index contributed by atoms with van der Waals surface area (Å²) in [6, 6.07) is 0. The normalized spacial score (nSPS) is 19.3. The summed E-state index contributed by atoms with van der Waals surface area (Å²) in [6.07, 6.45) is 9.63. The largest absolute Gasteiger partial charge is 0.339 e. The smallest absolute Gasteiger partial charge is 0.235 e. The number of carbonyl (C=O) groups is 1. The molecule has 1 heterocycles. The van der Waals surface area contributed by atoms with E-state index in [1.165, 1.54) is 12.8 Å². The average Bonchev–Trinajstić information content (AvgIpc) is 2.53. The molecule has 1 rings (SSSR count). The number of terminal acetylenes is 1. The summed E-state index contributed by atoms with van der Waals surface area (Å²) in [4.78, 5) is 14.5. The van der Waals surface area contributed by atoms with Crippen molar-refractivity contribution in [1.82, 2.24) is 15.5 Å². The zero-order chi connectivity index (χ0) is 15.7. The van der Waals surface area contributed by atoms with E-state index in [2.05, 4.69) is 28.4 Å². The molecule has 1 amide bonds. The van der Waals surface area contributed by atoms with Gasteiger partial charge in [0.1, 0.15) is 5.54 Å². The Morgan fingerprint density at radius 2 is 2.14 bits per heavy atom. The van der Waals surface area contributed by atoms with Crippen molar-refractivity contribution < 1.29 is 4.79 Å². The minimum atomic E-state index is -0.483. The third-order valence-corrected chi connectivity index (χ3v) is 4.59. The van der Waals surface area contributed by atoms with Crippen molar-refractivity contribution in [1.29, 1.82) is 0 Å². The van der Waals surface area contributed by atoms with Gasteiger partial charge in [0.25, 0.3) is 0 Å². The molecule has 1 saturated heterocycles. The van der Waals surface area contributed by atoms with Crippen LogP contribution in [-0.4, -0.2) is 49.1 Å². The molecular weight excluding hydrogens is 262 g/mol. The number of hydrogen-bond donors (Lipinski definition) is 2. The van der Waals surface area contributed by atoms with E-state index >= 15 is 0 Å². The number of hydrogen-bond acceptors (Lipinski definition) is 3. The van der Waals surface area contributed by atoms with Crippen LogP contribution in [0.4, 0.5) is 0 Å². The van der Waals surface area contributed by atoms with Gasteiger partial charge in [-0.1, -0.05) is 26.7 Å². The first-order valence-corrected chi connectivity index (χ1v) is 8.31. The van der Waals surface area contributed by atoms with Crippen LogP contribution < -0.4 is 10.6 Å². The zero-order valence-corrected chi connectivity index (χ0v) is 13.9. The Bertz CT molecular complexity index is 352. The van der Waals surface area contributed by atoms with Crippen LogP contribution in [0, 0.1) is 18.3 Å². The van der Waals surface area contributed by atoms with Crippen molar-refractivity contribution in [2.24, 2.45) is 5.92 Å². The Balaban J connectivity index is 2.48. The number of piperidine rings is 1. The fraction of sp³-hybridized carbons (Fsp3) is 0.824. The summed E-state index contributed by atoms with van der Waals surface area (Å²) in [7, 11) is 0. The minimum absolute atomic E-state index is 0.0438. The zero-order valence-electron chi connectivity index (χ0n) is 13.9. The molecule has 1 fully saturated rings. The van der Waals surface area contributed by atoms with E-state index in [0.29, 0.717) is 12.5 Å². The van der Waals surface area contributed by atoms with Gasteiger partial charge in [0.2, 0.25) is 5.91 Å². The molecule has 2 N–H and O–H groups in total. The van der Waals surface area contributed by atoms with Gasteiger partial charge in [0.15, 0.2) is 0 Å². The highest BCUT2D eigenvalue weighted by Gasteiger charge is 2.26.